The first-order chi connectivity index (χ1) is 14.0. The molecule has 1 rings (SSSR count). The van der Waals surface area contributed by atoms with Crippen molar-refractivity contribution in [2.75, 3.05) is 6.54 Å². The first-order valence-electron chi connectivity index (χ1n) is 11.6. The molecule has 1 N–H and O–H groups in total. The van der Waals surface area contributed by atoms with Crippen LogP contribution in [0.3, 0.4) is 0 Å². The number of rotatable bonds is 16. The first-order valence-corrected chi connectivity index (χ1v) is 11.6. The molecule has 1 aliphatic rings. The summed E-state index contributed by atoms with van der Waals surface area (Å²) in [4.78, 5) is 36.0. The fraction of sp³-hybridized carbons (Fsp3) is 0.870. The zero-order chi connectivity index (χ0) is 21.5. The number of carboxylic acid groups (broad SMARTS) is 1. The van der Waals surface area contributed by atoms with Gasteiger partial charge in [-0.1, -0.05) is 84.0 Å². The lowest BCUT2D eigenvalue weighted by atomic mass is 10.0. The number of nitrogens with zero attached hydrogens (tertiary/aromatic N) is 1. The molecule has 1 aliphatic heterocycles. The summed E-state index contributed by atoms with van der Waals surface area (Å²) >= 11 is 0. The number of ether oxygens (including phenoxy) is 1. The summed E-state index contributed by atoms with van der Waals surface area (Å²) in [6.07, 6.45) is 16.4. The molecule has 6 nitrogen and oxygen atoms in total. The Bertz CT molecular complexity index is 472. The van der Waals surface area contributed by atoms with E-state index in [9.17, 15) is 19.5 Å². The van der Waals surface area contributed by atoms with E-state index in [1.165, 1.54) is 76.0 Å². The molecule has 0 aromatic heterocycles. The third-order valence-corrected chi connectivity index (χ3v) is 5.73. The molecule has 1 amide bonds. The second kappa shape index (κ2) is 15.3. The molecular weight excluding hydrogens is 370 g/mol. The van der Waals surface area contributed by atoms with Gasteiger partial charge in [0.15, 0.2) is 0 Å². The Labute approximate surface area is 176 Å². The van der Waals surface area contributed by atoms with E-state index in [0.717, 1.165) is 19.3 Å². The van der Waals surface area contributed by atoms with Gasteiger partial charge < -0.3 is 14.7 Å². The fourth-order valence-electron chi connectivity index (χ4n) is 4.00. The molecule has 6 heteroatoms. The Morgan fingerprint density at radius 2 is 1.34 bits per heavy atom. The van der Waals surface area contributed by atoms with Crippen LogP contribution in [0.25, 0.3) is 0 Å². The quantitative estimate of drug-likeness (QED) is 0.283. The number of hydrogen-bond acceptors (Lipinski definition) is 4. The van der Waals surface area contributed by atoms with Crippen LogP contribution in [0.4, 0.5) is 0 Å². The molecule has 0 radical (unpaired) electrons. The molecule has 29 heavy (non-hydrogen) atoms. The van der Waals surface area contributed by atoms with Crippen LogP contribution in [0.5, 0.6) is 0 Å². The Kier molecular flexibility index (Phi) is 13.4. The number of esters is 1. The minimum Gasteiger partial charge on any atom is -0.480 e. The number of amides is 1. The molecule has 0 bridgehead atoms. The second-order valence-corrected chi connectivity index (χ2v) is 8.37. The van der Waals surface area contributed by atoms with Crippen molar-refractivity contribution in [2.45, 2.75) is 122 Å². The number of hydrogen-bond donors (Lipinski definition) is 1. The molecule has 168 valence electrons. The van der Waals surface area contributed by atoms with Crippen molar-refractivity contribution in [1.29, 1.82) is 0 Å². The molecule has 0 saturated carbocycles. The zero-order valence-corrected chi connectivity index (χ0v) is 18.5. The van der Waals surface area contributed by atoms with E-state index in [1.54, 1.807) is 0 Å². The minimum absolute atomic E-state index is 0.177. The minimum atomic E-state index is -1.05. The molecule has 0 aromatic carbocycles. The smallest absolute Gasteiger partial charge is 0.326 e. The molecule has 0 spiro atoms. The van der Waals surface area contributed by atoms with Crippen LogP contribution < -0.4 is 0 Å². The van der Waals surface area contributed by atoms with Crippen molar-refractivity contribution in [2.24, 2.45) is 0 Å². The Balaban J connectivity index is 1.98. The maximum absolute atomic E-state index is 12.0. The van der Waals surface area contributed by atoms with Crippen LogP contribution >= 0.6 is 0 Å². The van der Waals surface area contributed by atoms with Gasteiger partial charge in [-0.3, -0.25) is 9.59 Å². The summed E-state index contributed by atoms with van der Waals surface area (Å²) in [5, 5.41) is 9.19. The lowest BCUT2D eigenvalue weighted by Crippen LogP contribution is -2.39. The van der Waals surface area contributed by atoms with Gasteiger partial charge in [-0.2, -0.15) is 0 Å². The molecular formula is C23H41NO5. The standard InChI is InChI=1S/C23H41NO5/c1-3-4-5-6-7-8-9-10-11-12-13-14-15-16-22(26)29-20-17-21(23(27)28)24(18-20)19(2)25/h20-21H,3-18H2,1-2H3,(H,27,28)/t20-,21+/m1/s1. The van der Waals surface area contributed by atoms with Crippen molar-refractivity contribution in [1.82, 2.24) is 4.90 Å². The van der Waals surface area contributed by atoms with E-state index in [0.29, 0.717) is 6.42 Å². The summed E-state index contributed by atoms with van der Waals surface area (Å²) in [5.74, 6) is -1.63. The van der Waals surface area contributed by atoms with Crippen LogP contribution in [0, 0.1) is 0 Å². The lowest BCUT2D eigenvalue weighted by molar-refractivity contribution is -0.149. The number of carbonyl (C=O) groups excluding carboxylic acids is 2. The molecule has 1 heterocycles. The Morgan fingerprint density at radius 1 is 0.862 bits per heavy atom. The van der Waals surface area contributed by atoms with Crippen LogP contribution in [0.15, 0.2) is 0 Å². The van der Waals surface area contributed by atoms with Gasteiger partial charge in [0.1, 0.15) is 12.1 Å². The van der Waals surface area contributed by atoms with Gasteiger partial charge in [0, 0.05) is 19.8 Å². The van der Waals surface area contributed by atoms with Crippen molar-refractivity contribution in [3.8, 4) is 0 Å². The van der Waals surface area contributed by atoms with E-state index in [4.69, 9.17) is 4.74 Å². The van der Waals surface area contributed by atoms with E-state index < -0.39 is 18.1 Å². The van der Waals surface area contributed by atoms with Gasteiger partial charge in [-0.25, -0.2) is 4.79 Å². The van der Waals surface area contributed by atoms with E-state index in [2.05, 4.69) is 6.92 Å². The van der Waals surface area contributed by atoms with Gasteiger partial charge in [-0.05, 0) is 6.42 Å². The van der Waals surface area contributed by atoms with Crippen molar-refractivity contribution in [3.63, 3.8) is 0 Å². The van der Waals surface area contributed by atoms with Crippen molar-refractivity contribution < 1.29 is 24.2 Å². The Hall–Kier alpha value is -1.59. The zero-order valence-electron chi connectivity index (χ0n) is 18.5. The topological polar surface area (TPSA) is 83.9 Å². The van der Waals surface area contributed by atoms with Gasteiger partial charge in [0.05, 0.1) is 6.54 Å². The average molecular weight is 412 g/mol. The molecule has 0 unspecified atom stereocenters. The summed E-state index contributed by atoms with van der Waals surface area (Å²) < 4.78 is 5.38. The summed E-state index contributed by atoms with van der Waals surface area (Å²) in [5.41, 5.74) is 0. The van der Waals surface area contributed by atoms with E-state index >= 15 is 0 Å². The molecule has 1 fully saturated rings. The summed E-state index contributed by atoms with van der Waals surface area (Å²) in [6, 6.07) is -0.887. The second-order valence-electron chi connectivity index (χ2n) is 8.37. The molecule has 0 aromatic rings. The number of carbonyl (C=O) groups is 3. The molecule has 0 aliphatic carbocycles. The SMILES string of the molecule is CCCCCCCCCCCCCCCC(=O)O[C@@H]1C[C@@H](C(=O)O)N(C(C)=O)C1. The maximum Gasteiger partial charge on any atom is 0.326 e. The van der Waals surface area contributed by atoms with Crippen LogP contribution in [-0.2, 0) is 19.1 Å². The largest absolute Gasteiger partial charge is 0.480 e. The van der Waals surface area contributed by atoms with Crippen LogP contribution in [-0.4, -0.2) is 46.5 Å². The highest BCUT2D eigenvalue weighted by atomic mass is 16.5. The maximum atomic E-state index is 12.0. The van der Waals surface area contributed by atoms with Gasteiger partial charge >= 0.3 is 11.9 Å². The Morgan fingerprint density at radius 3 is 1.76 bits per heavy atom. The van der Waals surface area contributed by atoms with Crippen LogP contribution in [0.1, 0.15) is 110 Å². The van der Waals surface area contributed by atoms with Crippen LogP contribution in [0.2, 0.25) is 0 Å². The van der Waals surface area contributed by atoms with Gasteiger partial charge in [-0.15, -0.1) is 0 Å². The third kappa shape index (κ3) is 11.2. The predicted molar refractivity (Wildman–Crippen MR) is 114 cm³/mol. The van der Waals surface area contributed by atoms with Gasteiger partial charge in [0.2, 0.25) is 5.91 Å². The molecule has 1 saturated heterocycles. The summed E-state index contributed by atoms with van der Waals surface area (Å²) in [6.45, 7) is 3.77. The number of aliphatic carboxylic acids is 1. The normalized spacial score (nSPS) is 18.8. The van der Waals surface area contributed by atoms with E-state index in [-0.39, 0.29) is 24.8 Å². The average Bonchev–Trinajstić information content (AvgIpc) is 3.10. The highest BCUT2D eigenvalue weighted by Gasteiger charge is 2.40. The fourth-order valence-corrected chi connectivity index (χ4v) is 4.00. The third-order valence-electron chi connectivity index (χ3n) is 5.73. The highest BCUT2D eigenvalue weighted by Crippen LogP contribution is 2.22. The number of carboxylic acids is 1. The summed E-state index contributed by atoms with van der Waals surface area (Å²) in [7, 11) is 0. The highest BCUT2D eigenvalue weighted by molar-refractivity contribution is 5.83. The van der Waals surface area contributed by atoms with E-state index in [1.807, 2.05) is 0 Å². The number of likely N-dealkylation sites (tertiary alicyclic amines) is 1. The molecule has 2 atom stereocenters. The van der Waals surface area contributed by atoms with Crippen molar-refractivity contribution >= 4 is 17.8 Å². The number of unbranched alkanes of at least 4 members (excludes halogenated alkanes) is 12. The van der Waals surface area contributed by atoms with Gasteiger partial charge in [0.25, 0.3) is 0 Å². The first kappa shape index (κ1) is 25.4. The lowest BCUT2D eigenvalue weighted by Gasteiger charge is -2.18. The van der Waals surface area contributed by atoms with Crippen molar-refractivity contribution in [3.05, 3.63) is 0 Å². The monoisotopic (exact) mass is 411 g/mol. The predicted octanol–water partition coefficient (Wildman–Crippen LogP) is 5.08.